The summed E-state index contributed by atoms with van der Waals surface area (Å²) in [6.07, 6.45) is 3.94. The monoisotopic (exact) mass is 425 g/mol. The maximum atomic E-state index is 10.7. The quantitative estimate of drug-likeness (QED) is 0.144. The summed E-state index contributed by atoms with van der Waals surface area (Å²) in [5.41, 5.74) is -0.303. The number of carbonyl (C=O) groups is 4. The average Bonchev–Trinajstić information content (AvgIpc) is 3.12. The Hall–Kier alpha value is -3.90. The van der Waals surface area contributed by atoms with E-state index in [4.69, 9.17) is 35.1 Å². The van der Waals surface area contributed by atoms with Gasteiger partial charge in [-0.2, -0.15) is 0 Å². The van der Waals surface area contributed by atoms with Gasteiger partial charge in [0.25, 0.3) is 5.91 Å². The van der Waals surface area contributed by atoms with E-state index in [0.29, 0.717) is 5.75 Å². The van der Waals surface area contributed by atoms with Crippen LogP contribution in [0.15, 0.2) is 36.4 Å². The van der Waals surface area contributed by atoms with Crippen LogP contribution < -0.4 is 15.0 Å². The number of carboxylic acids is 3. The fraction of sp³-hybridized carbons (Fsp3) is 0.222. The number of carbonyl (C=O) groups excluding carboxylic acids is 1. The number of ether oxygens (including phenoxy) is 2. The standard InChI is InChI=1S/C12H11NO4.C6H8O7/c14-12(13-15)4-2-1-3-9-5-6-10-11(7-9)17-8-16-10;7-3(8)1-6(13,5(11)12)2-4(9)10/h1-7,15H,8H2,(H,13,14);13H,1-2H2,(H,7,8)(H,9,10)(H,11,12). The number of aliphatic carboxylic acids is 3. The highest BCUT2D eigenvalue weighted by Gasteiger charge is 2.40. The van der Waals surface area contributed by atoms with Gasteiger partial charge in [-0.15, -0.1) is 0 Å². The van der Waals surface area contributed by atoms with E-state index in [1.807, 2.05) is 24.3 Å². The van der Waals surface area contributed by atoms with Gasteiger partial charge in [0, 0.05) is 6.08 Å². The van der Waals surface area contributed by atoms with Crippen LogP contribution in [0.4, 0.5) is 0 Å². The van der Waals surface area contributed by atoms with E-state index in [1.54, 1.807) is 6.08 Å². The van der Waals surface area contributed by atoms with Crippen LogP contribution in [0.5, 0.6) is 11.5 Å². The molecule has 0 fully saturated rings. The Morgan fingerprint density at radius 1 is 1.00 bits per heavy atom. The molecule has 1 aliphatic rings. The Morgan fingerprint density at radius 2 is 1.60 bits per heavy atom. The summed E-state index contributed by atoms with van der Waals surface area (Å²) in [6, 6.07) is 5.55. The molecule has 0 bridgehead atoms. The number of allylic oxidation sites excluding steroid dienone is 2. The lowest BCUT2D eigenvalue weighted by atomic mass is 9.96. The Balaban J connectivity index is 0.000000314. The Kier molecular flexibility index (Phi) is 9.00. The van der Waals surface area contributed by atoms with Gasteiger partial charge in [0.2, 0.25) is 6.79 Å². The first-order valence-corrected chi connectivity index (χ1v) is 8.15. The van der Waals surface area contributed by atoms with Crippen LogP contribution >= 0.6 is 0 Å². The zero-order valence-electron chi connectivity index (χ0n) is 15.3. The molecule has 0 aliphatic carbocycles. The van der Waals surface area contributed by atoms with Crippen LogP contribution in [-0.4, -0.2) is 61.8 Å². The molecule has 1 amide bonds. The third-order valence-corrected chi connectivity index (χ3v) is 3.44. The van der Waals surface area contributed by atoms with Gasteiger partial charge in [-0.1, -0.05) is 24.3 Å². The van der Waals surface area contributed by atoms with Gasteiger partial charge in [0.1, 0.15) is 0 Å². The van der Waals surface area contributed by atoms with Crippen LogP contribution in [0.25, 0.3) is 6.08 Å². The second-order valence-electron chi connectivity index (χ2n) is 5.78. The Labute approximate surface area is 169 Å². The predicted molar refractivity (Wildman–Crippen MR) is 97.8 cm³/mol. The van der Waals surface area contributed by atoms with Crippen LogP contribution in [-0.2, 0) is 19.2 Å². The van der Waals surface area contributed by atoms with Gasteiger partial charge in [-0.3, -0.25) is 19.6 Å². The fourth-order valence-electron chi connectivity index (χ4n) is 2.08. The van der Waals surface area contributed by atoms with Gasteiger partial charge in [-0.05, 0) is 17.7 Å². The molecule has 162 valence electrons. The van der Waals surface area contributed by atoms with E-state index in [-0.39, 0.29) is 6.79 Å². The molecule has 1 heterocycles. The number of hydroxylamine groups is 1. The summed E-state index contributed by atoms with van der Waals surface area (Å²) in [5, 5.41) is 42.1. The van der Waals surface area contributed by atoms with Crippen molar-refractivity contribution in [3.63, 3.8) is 0 Å². The number of rotatable bonds is 8. The number of nitrogens with one attached hydrogen (secondary N) is 1. The highest BCUT2D eigenvalue weighted by molar-refractivity contribution is 5.88. The molecule has 1 aromatic carbocycles. The van der Waals surface area contributed by atoms with Crippen molar-refractivity contribution < 1.29 is 54.3 Å². The maximum absolute atomic E-state index is 10.7. The first-order valence-electron chi connectivity index (χ1n) is 8.15. The van der Waals surface area contributed by atoms with Crippen LogP contribution in [0.1, 0.15) is 18.4 Å². The second kappa shape index (κ2) is 11.2. The molecule has 30 heavy (non-hydrogen) atoms. The van der Waals surface area contributed by atoms with Gasteiger partial charge in [0.15, 0.2) is 17.1 Å². The smallest absolute Gasteiger partial charge is 0.336 e. The first-order chi connectivity index (χ1) is 14.1. The third kappa shape index (κ3) is 8.00. The fourth-order valence-corrected chi connectivity index (χ4v) is 2.08. The van der Waals surface area contributed by atoms with Crippen molar-refractivity contribution in [1.29, 1.82) is 0 Å². The molecule has 0 atom stereocenters. The number of benzene rings is 1. The lowest BCUT2D eigenvalue weighted by Gasteiger charge is -2.18. The van der Waals surface area contributed by atoms with Gasteiger partial charge >= 0.3 is 17.9 Å². The number of hydrogen-bond donors (Lipinski definition) is 6. The average molecular weight is 425 g/mol. The molecule has 1 aliphatic heterocycles. The third-order valence-electron chi connectivity index (χ3n) is 3.44. The van der Waals surface area contributed by atoms with Crippen molar-refractivity contribution in [1.82, 2.24) is 5.48 Å². The molecule has 12 heteroatoms. The van der Waals surface area contributed by atoms with Crippen molar-refractivity contribution in [3.8, 4) is 11.5 Å². The maximum Gasteiger partial charge on any atom is 0.336 e. The minimum absolute atomic E-state index is 0.249. The van der Waals surface area contributed by atoms with Crippen molar-refractivity contribution in [2.45, 2.75) is 18.4 Å². The SMILES string of the molecule is O=C(C=CC=Cc1ccc2c(c1)OCO2)NO.O=C(O)CC(O)(CC(=O)O)C(=O)O. The Morgan fingerprint density at radius 3 is 2.13 bits per heavy atom. The number of aliphatic hydroxyl groups is 1. The molecule has 0 aromatic heterocycles. The Bertz CT molecular complexity index is 844. The molecule has 2 rings (SSSR count). The largest absolute Gasteiger partial charge is 0.481 e. The second-order valence-corrected chi connectivity index (χ2v) is 5.78. The van der Waals surface area contributed by atoms with E-state index in [9.17, 15) is 19.2 Å². The van der Waals surface area contributed by atoms with Crippen molar-refractivity contribution in [3.05, 3.63) is 42.0 Å². The minimum atomic E-state index is -2.74. The van der Waals surface area contributed by atoms with Gasteiger partial charge < -0.3 is 29.9 Å². The molecule has 0 radical (unpaired) electrons. The molecule has 6 N–H and O–H groups in total. The van der Waals surface area contributed by atoms with Gasteiger partial charge in [0.05, 0.1) is 12.8 Å². The molecule has 1 aromatic rings. The zero-order valence-corrected chi connectivity index (χ0v) is 15.3. The molecule has 0 saturated carbocycles. The molecule has 0 saturated heterocycles. The van der Waals surface area contributed by atoms with Crippen LogP contribution in [0.2, 0.25) is 0 Å². The number of amides is 1. The van der Waals surface area contributed by atoms with Crippen molar-refractivity contribution >= 4 is 29.9 Å². The van der Waals surface area contributed by atoms with Crippen molar-refractivity contribution in [2.24, 2.45) is 0 Å². The summed E-state index contributed by atoms with van der Waals surface area (Å²) in [7, 11) is 0. The van der Waals surface area contributed by atoms with Crippen LogP contribution in [0, 0.1) is 0 Å². The highest BCUT2D eigenvalue weighted by Crippen LogP contribution is 2.32. The van der Waals surface area contributed by atoms with E-state index < -0.39 is 42.3 Å². The molecule has 0 spiro atoms. The molecular weight excluding hydrogens is 406 g/mol. The lowest BCUT2D eigenvalue weighted by molar-refractivity contribution is -0.170. The predicted octanol–water partition coefficient (Wildman–Crippen LogP) is 0.242. The highest BCUT2D eigenvalue weighted by atomic mass is 16.7. The molecular formula is C18H19NO11. The normalized spacial score (nSPS) is 12.3. The van der Waals surface area contributed by atoms with Crippen molar-refractivity contribution in [2.75, 3.05) is 6.79 Å². The minimum Gasteiger partial charge on any atom is -0.481 e. The number of hydrogen-bond acceptors (Lipinski definition) is 8. The topological polar surface area (TPSA) is 200 Å². The summed E-state index contributed by atoms with van der Waals surface area (Å²) in [4.78, 5) is 41.1. The zero-order chi connectivity index (χ0) is 22.7. The van der Waals surface area contributed by atoms with Crippen LogP contribution in [0.3, 0.4) is 0 Å². The van der Waals surface area contributed by atoms with Gasteiger partial charge in [-0.25, -0.2) is 10.3 Å². The molecule has 12 nitrogen and oxygen atoms in total. The summed E-state index contributed by atoms with van der Waals surface area (Å²) in [5.74, 6) is -4.14. The lowest BCUT2D eigenvalue weighted by Crippen LogP contribution is -2.42. The summed E-state index contributed by atoms with van der Waals surface area (Å²) < 4.78 is 10.4. The van der Waals surface area contributed by atoms with E-state index >= 15 is 0 Å². The summed E-state index contributed by atoms with van der Waals surface area (Å²) >= 11 is 0. The number of carboxylic acid groups (broad SMARTS) is 3. The molecule has 0 unspecified atom stereocenters. The number of fused-ring (bicyclic) bond motifs is 1. The van der Waals surface area contributed by atoms with E-state index in [2.05, 4.69) is 0 Å². The van der Waals surface area contributed by atoms with E-state index in [1.165, 1.54) is 17.6 Å². The first kappa shape index (κ1) is 24.1. The van der Waals surface area contributed by atoms with E-state index in [0.717, 1.165) is 11.3 Å². The summed E-state index contributed by atoms with van der Waals surface area (Å²) in [6.45, 7) is 0.249.